The van der Waals surface area contributed by atoms with E-state index in [-0.39, 0.29) is 28.6 Å². The fourth-order valence-corrected chi connectivity index (χ4v) is 5.27. The van der Waals surface area contributed by atoms with Gasteiger partial charge in [-0.05, 0) is 43.7 Å². The van der Waals surface area contributed by atoms with Gasteiger partial charge in [0.05, 0.1) is 28.4 Å². The van der Waals surface area contributed by atoms with E-state index in [2.05, 4.69) is 15.7 Å². The number of imidazole rings is 1. The molecular weight excluding hydrogens is 461 g/mol. The maximum Gasteiger partial charge on any atom is 0.269 e. The van der Waals surface area contributed by atoms with Crippen LogP contribution >= 0.6 is 11.6 Å². The van der Waals surface area contributed by atoms with E-state index < -0.39 is 27.3 Å². The van der Waals surface area contributed by atoms with Crippen LogP contribution in [0.25, 0.3) is 11.3 Å². The summed E-state index contributed by atoms with van der Waals surface area (Å²) in [6.45, 7) is 1.45. The molecule has 0 spiro atoms. The van der Waals surface area contributed by atoms with Gasteiger partial charge < -0.3 is 9.88 Å². The minimum Gasteiger partial charge on any atom is -0.354 e. The summed E-state index contributed by atoms with van der Waals surface area (Å²) in [7, 11) is -2.09. The van der Waals surface area contributed by atoms with E-state index in [4.69, 9.17) is 11.6 Å². The maximum absolute atomic E-state index is 14.4. The lowest BCUT2D eigenvalue weighted by atomic mass is 9.87. The van der Waals surface area contributed by atoms with Crippen LogP contribution in [0.1, 0.15) is 43.0 Å². The van der Waals surface area contributed by atoms with E-state index in [1.165, 1.54) is 19.1 Å². The molecule has 0 atom stereocenters. The van der Waals surface area contributed by atoms with Gasteiger partial charge in [0.2, 0.25) is 15.9 Å². The first-order chi connectivity index (χ1) is 15.0. The quantitative estimate of drug-likeness (QED) is 0.518. The highest BCUT2D eigenvalue weighted by Crippen LogP contribution is 2.27. The number of sulfonamides is 1. The molecule has 174 valence electrons. The number of hydrogen-bond donors (Lipinski definition) is 3. The van der Waals surface area contributed by atoms with E-state index >= 15 is 0 Å². The van der Waals surface area contributed by atoms with Gasteiger partial charge in [0.25, 0.3) is 5.91 Å². The molecule has 0 bridgehead atoms. The Kier molecular flexibility index (Phi) is 7.52. The molecular formula is C20H25ClFN5O4S. The van der Waals surface area contributed by atoms with Crippen LogP contribution in [-0.4, -0.2) is 41.6 Å². The van der Waals surface area contributed by atoms with E-state index in [9.17, 15) is 22.4 Å². The number of nitrogens with zero attached hydrogens (tertiary/aromatic N) is 2. The second-order valence-corrected chi connectivity index (χ2v) is 10.2. The summed E-state index contributed by atoms with van der Waals surface area (Å²) < 4.78 is 40.9. The second kappa shape index (κ2) is 9.97. The van der Waals surface area contributed by atoms with Gasteiger partial charge in [0.15, 0.2) is 5.82 Å². The summed E-state index contributed by atoms with van der Waals surface area (Å²) in [5, 5.41) is 2.56. The third-order valence-electron chi connectivity index (χ3n) is 5.30. The molecule has 3 N–H and O–H groups in total. The van der Waals surface area contributed by atoms with Crippen molar-refractivity contribution in [3.63, 3.8) is 0 Å². The highest BCUT2D eigenvalue weighted by Gasteiger charge is 2.27. The summed E-state index contributed by atoms with van der Waals surface area (Å²) in [6, 6.07) is 2.66. The van der Waals surface area contributed by atoms with Crippen LogP contribution in [0.2, 0.25) is 5.02 Å². The molecule has 1 aliphatic rings. The predicted octanol–water partition coefficient (Wildman–Crippen LogP) is 2.14. The fraction of sp³-hybridized carbons (Fsp3) is 0.450. The zero-order chi connectivity index (χ0) is 23.5. The van der Waals surface area contributed by atoms with Crippen LogP contribution in [0.4, 0.5) is 4.39 Å². The topological polar surface area (TPSA) is 122 Å². The van der Waals surface area contributed by atoms with Gasteiger partial charge in [-0.2, -0.15) is 0 Å². The molecule has 1 saturated carbocycles. The van der Waals surface area contributed by atoms with Crippen molar-refractivity contribution in [3.05, 3.63) is 41.1 Å². The lowest BCUT2D eigenvalue weighted by Gasteiger charge is -2.28. The van der Waals surface area contributed by atoms with Crippen LogP contribution in [0.3, 0.4) is 0 Å². The molecule has 1 aliphatic carbocycles. The van der Waals surface area contributed by atoms with Gasteiger partial charge in [-0.3, -0.25) is 15.0 Å². The molecule has 1 fully saturated rings. The number of benzene rings is 1. The third kappa shape index (κ3) is 6.27. The van der Waals surface area contributed by atoms with Crippen LogP contribution in [0.15, 0.2) is 24.7 Å². The average Bonchev–Trinajstić information content (AvgIpc) is 3.15. The average molecular weight is 486 g/mol. The molecule has 12 heteroatoms. The molecule has 1 aromatic carbocycles. The first kappa shape index (κ1) is 24.1. The highest BCUT2D eigenvalue weighted by atomic mass is 35.5. The van der Waals surface area contributed by atoms with Gasteiger partial charge >= 0.3 is 0 Å². The van der Waals surface area contributed by atoms with Crippen molar-refractivity contribution in [1.29, 1.82) is 0 Å². The lowest BCUT2D eigenvalue weighted by molar-refractivity contribution is -0.119. The Morgan fingerprint density at radius 1 is 1.25 bits per heavy atom. The third-order valence-corrected chi connectivity index (χ3v) is 6.90. The Morgan fingerprint density at radius 2 is 1.94 bits per heavy atom. The predicted molar refractivity (Wildman–Crippen MR) is 118 cm³/mol. The number of carbonyl (C=O) groups excluding carboxylic acids is 2. The Balaban J connectivity index is 1.61. The first-order valence-corrected chi connectivity index (χ1v) is 12.1. The first-order valence-electron chi connectivity index (χ1n) is 10.1. The van der Waals surface area contributed by atoms with Crippen molar-refractivity contribution in [3.8, 4) is 11.3 Å². The van der Waals surface area contributed by atoms with Crippen molar-refractivity contribution < 1.29 is 22.4 Å². The number of rotatable bonds is 7. The molecule has 2 amide bonds. The second-order valence-electron chi connectivity index (χ2n) is 8.00. The largest absolute Gasteiger partial charge is 0.354 e. The summed E-state index contributed by atoms with van der Waals surface area (Å²) in [5.41, 5.74) is 2.55. The smallest absolute Gasteiger partial charge is 0.269 e. The fourth-order valence-electron chi connectivity index (χ4n) is 3.77. The number of hydrogen-bond acceptors (Lipinski definition) is 5. The molecule has 3 rings (SSSR count). The van der Waals surface area contributed by atoms with Gasteiger partial charge in [-0.25, -0.2) is 17.8 Å². The SMILES string of the molecule is CC(=O)N[C@H]1CC[C@H](CS(=O)(=O)NNC(=O)c2cc(-c3cn(C)cn3)cc(Cl)c2F)CC1. The highest BCUT2D eigenvalue weighted by molar-refractivity contribution is 7.89. The van der Waals surface area contributed by atoms with Gasteiger partial charge in [-0.1, -0.05) is 11.6 Å². The van der Waals surface area contributed by atoms with Crippen molar-refractivity contribution in [2.24, 2.45) is 13.0 Å². The van der Waals surface area contributed by atoms with E-state index in [1.54, 1.807) is 24.1 Å². The number of carbonyl (C=O) groups is 2. The molecule has 0 unspecified atom stereocenters. The monoisotopic (exact) mass is 485 g/mol. The van der Waals surface area contributed by atoms with Gasteiger partial charge in [0, 0.05) is 31.8 Å². The summed E-state index contributed by atoms with van der Waals surface area (Å²) in [5.74, 6) is -2.32. The molecule has 0 aliphatic heterocycles. The number of hydrazine groups is 1. The number of halogens is 2. The van der Waals surface area contributed by atoms with Crippen LogP contribution in [-0.2, 0) is 21.9 Å². The van der Waals surface area contributed by atoms with Crippen LogP contribution in [0.5, 0.6) is 0 Å². The normalized spacial score (nSPS) is 18.9. The molecule has 1 aromatic heterocycles. The molecule has 2 aromatic rings. The number of aryl methyl sites for hydroxylation is 1. The molecule has 0 saturated heterocycles. The van der Waals surface area contributed by atoms with E-state index in [0.717, 1.165) is 0 Å². The minimum absolute atomic E-state index is 0.0539. The summed E-state index contributed by atoms with van der Waals surface area (Å²) in [4.78, 5) is 29.8. The zero-order valence-electron chi connectivity index (χ0n) is 17.7. The minimum atomic E-state index is -3.85. The molecule has 32 heavy (non-hydrogen) atoms. The maximum atomic E-state index is 14.4. The van der Waals surface area contributed by atoms with Crippen LogP contribution in [0, 0.1) is 11.7 Å². The number of nitrogens with one attached hydrogen (secondary N) is 3. The van der Waals surface area contributed by atoms with Crippen molar-refractivity contribution in [2.45, 2.75) is 38.6 Å². The number of amides is 2. The Morgan fingerprint density at radius 3 is 2.53 bits per heavy atom. The molecule has 0 radical (unpaired) electrons. The number of aromatic nitrogens is 2. The summed E-state index contributed by atoms with van der Waals surface area (Å²) in [6.07, 6.45) is 5.87. The van der Waals surface area contributed by atoms with E-state index in [1.807, 2.05) is 4.83 Å². The Labute approximate surface area is 190 Å². The zero-order valence-corrected chi connectivity index (χ0v) is 19.3. The van der Waals surface area contributed by atoms with Gasteiger partial charge in [0.1, 0.15) is 0 Å². The van der Waals surface area contributed by atoms with Crippen molar-refractivity contribution in [2.75, 3.05) is 5.75 Å². The lowest BCUT2D eigenvalue weighted by Crippen LogP contribution is -2.45. The van der Waals surface area contributed by atoms with Crippen molar-refractivity contribution in [1.82, 2.24) is 25.1 Å². The Bertz CT molecular complexity index is 1110. The standard InChI is InChI=1S/C20H25ClFN5O4S/c1-12(28)24-15-5-3-13(4-6-15)10-32(30,31)26-25-20(29)16-7-14(8-17(21)19(16)22)18-9-27(2)11-23-18/h7-9,11,13,15,26H,3-6,10H2,1-2H3,(H,24,28)(H,25,29)/t13-,15-. The van der Waals surface area contributed by atoms with Crippen molar-refractivity contribution >= 4 is 33.4 Å². The Hall–Kier alpha value is -2.50. The van der Waals surface area contributed by atoms with Gasteiger partial charge in [-0.15, -0.1) is 4.83 Å². The van der Waals surface area contributed by atoms with E-state index in [0.29, 0.717) is 36.9 Å². The summed E-state index contributed by atoms with van der Waals surface area (Å²) >= 11 is 5.93. The molecule has 9 nitrogen and oxygen atoms in total. The van der Waals surface area contributed by atoms with Crippen LogP contribution < -0.4 is 15.6 Å². The molecule has 1 heterocycles.